The van der Waals surface area contributed by atoms with E-state index in [0.29, 0.717) is 11.8 Å². The summed E-state index contributed by atoms with van der Waals surface area (Å²) in [6, 6.07) is 9.18. The second-order valence-corrected chi connectivity index (χ2v) is 3.76. The number of hydrogen-bond donors (Lipinski definition) is 0. The van der Waals surface area contributed by atoms with Crippen LogP contribution in [0, 0.1) is 17.1 Å². The maximum Gasteiger partial charge on any atom is 0.219 e. The van der Waals surface area contributed by atoms with Gasteiger partial charge in [0.1, 0.15) is 17.6 Å². The number of benzene rings is 1. The third-order valence-corrected chi connectivity index (χ3v) is 2.54. The number of hydrogen-bond acceptors (Lipinski definition) is 3. The number of nitriles is 1. The summed E-state index contributed by atoms with van der Waals surface area (Å²) in [5, 5.41) is 8.60. The number of alkyl halides is 1. The van der Waals surface area contributed by atoms with Gasteiger partial charge in [0.05, 0.1) is 5.56 Å². The van der Waals surface area contributed by atoms with Crippen molar-refractivity contribution in [2.75, 3.05) is 0 Å². The summed E-state index contributed by atoms with van der Waals surface area (Å²) in [6.07, 6.45) is 1.59. The van der Waals surface area contributed by atoms with E-state index in [1.54, 1.807) is 24.4 Å². The van der Waals surface area contributed by atoms with E-state index in [2.05, 4.69) is 4.98 Å². The predicted octanol–water partition coefficient (Wildman–Crippen LogP) is 3.62. The Morgan fingerprint density at radius 3 is 2.72 bits per heavy atom. The molecule has 18 heavy (non-hydrogen) atoms. The van der Waals surface area contributed by atoms with Gasteiger partial charge < -0.3 is 4.74 Å². The zero-order chi connectivity index (χ0) is 13.0. The molecule has 0 fully saturated rings. The van der Waals surface area contributed by atoms with E-state index in [9.17, 15) is 4.39 Å². The molecule has 0 spiro atoms. The highest BCUT2D eigenvalue weighted by atomic mass is 35.5. The predicted molar refractivity (Wildman–Crippen MR) is 65.0 cm³/mol. The Kier molecular flexibility index (Phi) is 3.75. The van der Waals surface area contributed by atoms with Gasteiger partial charge in [-0.05, 0) is 17.7 Å². The van der Waals surface area contributed by atoms with E-state index in [1.807, 2.05) is 0 Å². The van der Waals surface area contributed by atoms with Crippen LogP contribution in [0.25, 0.3) is 0 Å². The van der Waals surface area contributed by atoms with Crippen molar-refractivity contribution < 1.29 is 9.13 Å². The van der Waals surface area contributed by atoms with E-state index >= 15 is 0 Å². The molecular weight excluding hydrogens is 255 g/mol. The normalized spacial score (nSPS) is 9.83. The lowest BCUT2D eigenvalue weighted by molar-refractivity contribution is 0.457. The summed E-state index contributed by atoms with van der Waals surface area (Å²) >= 11 is 5.63. The zero-order valence-electron chi connectivity index (χ0n) is 9.23. The van der Waals surface area contributed by atoms with Crippen LogP contribution in [0.4, 0.5) is 4.39 Å². The lowest BCUT2D eigenvalue weighted by Crippen LogP contribution is -1.91. The van der Waals surface area contributed by atoms with Crippen molar-refractivity contribution in [1.29, 1.82) is 5.26 Å². The van der Waals surface area contributed by atoms with Crippen LogP contribution in [0.3, 0.4) is 0 Å². The van der Waals surface area contributed by atoms with Gasteiger partial charge in [-0.25, -0.2) is 9.37 Å². The van der Waals surface area contributed by atoms with Crippen LogP contribution >= 0.6 is 11.6 Å². The molecule has 2 aromatic rings. The van der Waals surface area contributed by atoms with Crippen LogP contribution in [-0.4, -0.2) is 4.98 Å². The van der Waals surface area contributed by atoms with Crippen LogP contribution in [0.2, 0.25) is 0 Å². The van der Waals surface area contributed by atoms with E-state index in [4.69, 9.17) is 21.6 Å². The fourth-order valence-corrected chi connectivity index (χ4v) is 1.48. The minimum absolute atomic E-state index is 0.0206. The lowest BCUT2D eigenvalue weighted by atomic mass is 10.2. The molecule has 0 aliphatic rings. The fourth-order valence-electron chi connectivity index (χ4n) is 1.32. The second-order valence-electron chi connectivity index (χ2n) is 3.49. The largest absolute Gasteiger partial charge is 0.439 e. The minimum atomic E-state index is -0.618. The average molecular weight is 263 g/mol. The summed E-state index contributed by atoms with van der Waals surface area (Å²) in [4.78, 5) is 4.02. The minimum Gasteiger partial charge on any atom is -0.439 e. The maximum absolute atomic E-state index is 13.3. The Balaban J connectivity index is 2.18. The Labute approximate surface area is 108 Å². The molecule has 0 saturated carbocycles. The van der Waals surface area contributed by atoms with Crippen LogP contribution in [0.15, 0.2) is 36.5 Å². The smallest absolute Gasteiger partial charge is 0.219 e. The van der Waals surface area contributed by atoms with Crippen molar-refractivity contribution in [2.24, 2.45) is 0 Å². The first-order chi connectivity index (χ1) is 8.72. The van der Waals surface area contributed by atoms with Gasteiger partial charge in [-0.3, -0.25) is 0 Å². The highest BCUT2D eigenvalue weighted by Gasteiger charge is 2.05. The third kappa shape index (κ3) is 2.76. The molecule has 0 bridgehead atoms. The Hall–Kier alpha value is -2.12. The molecule has 0 atom stereocenters. The fraction of sp³-hybridized carbons (Fsp3) is 0.0769. The van der Waals surface area contributed by atoms with E-state index < -0.39 is 5.82 Å². The molecule has 0 radical (unpaired) electrons. The first-order valence-electron chi connectivity index (χ1n) is 5.11. The van der Waals surface area contributed by atoms with E-state index in [-0.39, 0.29) is 11.3 Å². The van der Waals surface area contributed by atoms with Crippen molar-refractivity contribution >= 4 is 11.6 Å². The van der Waals surface area contributed by atoms with Gasteiger partial charge in [0.15, 0.2) is 0 Å². The van der Waals surface area contributed by atoms with Crippen molar-refractivity contribution in [3.8, 4) is 17.7 Å². The van der Waals surface area contributed by atoms with Gasteiger partial charge in [-0.1, -0.05) is 6.07 Å². The highest BCUT2D eigenvalue weighted by molar-refractivity contribution is 6.17. The SMILES string of the molecule is N#Cc1ccc(Oc2ccc(CCl)cn2)cc1F. The molecule has 1 aromatic heterocycles. The van der Waals surface area contributed by atoms with E-state index in [1.165, 1.54) is 12.1 Å². The standard InChI is InChI=1S/C13H8ClFN2O/c14-6-9-1-4-13(17-8-9)18-11-3-2-10(7-16)12(15)5-11/h1-5,8H,6H2. The summed E-state index contributed by atoms with van der Waals surface area (Å²) in [7, 11) is 0. The molecule has 0 aliphatic heterocycles. The van der Waals surface area contributed by atoms with Crippen LogP contribution < -0.4 is 4.74 Å². The Bertz CT molecular complexity index is 593. The molecule has 0 amide bonds. The molecule has 1 heterocycles. The number of aromatic nitrogens is 1. The van der Waals surface area contributed by atoms with Crippen molar-refractivity contribution in [2.45, 2.75) is 5.88 Å². The molecule has 1 aromatic carbocycles. The first kappa shape index (κ1) is 12.3. The van der Waals surface area contributed by atoms with Gasteiger partial charge in [-0.2, -0.15) is 5.26 Å². The van der Waals surface area contributed by atoms with Gasteiger partial charge in [0.25, 0.3) is 0 Å². The number of nitrogens with zero attached hydrogens (tertiary/aromatic N) is 2. The summed E-state index contributed by atoms with van der Waals surface area (Å²) in [5.41, 5.74) is 0.850. The molecule has 0 N–H and O–H groups in total. The first-order valence-corrected chi connectivity index (χ1v) is 5.65. The van der Waals surface area contributed by atoms with Crippen molar-refractivity contribution in [3.05, 3.63) is 53.5 Å². The van der Waals surface area contributed by atoms with Crippen LogP contribution in [-0.2, 0) is 5.88 Å². The quantitative estimate of drug-likeness (QED) is 0.794. The molecule has 0 aliphatic carbocycles. The van der Waals surface area contributed by atoms with Gasteiger partial charge in [-0.15, -0.1) is 11.6 Å². The Morgan fingerprint density at radius 2 is 2.17 bits per heavy atom. The number of ether oxygens (including phenoxy) is 1. The van der Waals surface area contributed by atoms with Crippen molar-refractivity contribution in [3.63, 3.8) is 0 Å². The topological polar surface area (TPSA) is 45.9 Å². The molecule has 0 saturated heterocycles. The molecule has 0 unspecified atom stereocenters. The number of rotatable bonds is 3. The Morgan fingerprint density at radius 1 is 1.33 bits per heavy atom. The highest BCUT2D eigenvalue weighted by Crippen LogP contribution is 2.22. The van der Waals surface area contributed by atoms with Gasteiger partial charge in [0.2, 0.25) is 5.88 Å². The van der Waals surface area contributed by atoms with E-state index in [0.717, 1.165) is 11.6 Å². The summed E-state index contributed by atoms with van der Waals surface area (Å²) < 4.78 is 18.7. The number of pyridine rings is 1. The zero-order valence-corrected chi connectivity index (χ0v) is 9.99. The average Bonchev–Trinajstić information content (AvgIpc) is 2.40. The molecular formula is C13H8ClFN2O. The molecule has 5 heteroatoms. The third-order valence-electron chi connectivity index (χ3n) is 2.24. The van der Waals surface area contributed by atoms with Gasteiger partial charge in [0, 0.05) is 24.2 Å². The maximum atomic E-state index is 13.3. The van der Waals surface area contributed by atoms with Crippen molar-refractivity contribution in [1.82, 2.24) is 4.98 Å². The molecule has 90 valence electrons. The second kappa shape index (κ2) is 5.48. The van der Waals surface area contributed by atoms with Gasteiger partial charge >= 0.3 is 0 Å². The van der Waals surface area contributed by atoms with Crippen LogP contribution in [0.5, 0.6) is 11.6 Å². The summed E-state index contributed by atoms with van der Waals surface area (Å²) in [5.74, 6) is 0.386. The lowest BCUT2D eigenvalue weighted by Gasteiger charge is -2.05. The summed E-state index contributed by atoms with van der Waals surface area (Å²) in [6.45, 7) is 0. The molecule has 2 rings (SSSR count). The number of halogens is 2. The molecule has 3 nitrogen and oxygen atoms in total. The monoisotopic (exact) mass is 262 g/mol. The van der Waals surface area contributed by atoms with Crippen LogP contribution in [0.1, 0.15) is 11.1 Å².